The van der Waals surface area contributed by atoms with E-state index in [0.717, 1.165) is 29.1 Å². The Labute approximate surface area is 216 Å². The van der Waals surface area contributed by atoms with E-state index in [2.05, 4.69) is 56.6 Å². The molecular weight excluding hydrogens is 534 g/mol. The Balaban J connectivity index is 1.58. The van der Waals surface area contributed by atoms with Gasteiger partial charge in [-0.2, -0.15) is 5.10 Å². The number of carbonyl (C=O) groups excluding carboxylic acids is 1. The number of aryl methyl sites for hydroxylation is 2. The number of rotatable bonds is 12. The molecule has 0 aliphatic rings. The highest BCUT2D eigenvalue weighted by molar-refractivity contribution is 9.10. The number of nitrogens with zero attached hydrogens (tertiary/aromatic N) is 3. The van der Waals surface area contributed by atoms with E-state index in [1.807, 2.05) is 25.1 Å². The van der Waals surface area contributed by atoms with Gasteiger partial charge in [0.2, 0.25) is 11.0 Å². The minimum absolute atomic E-state index is 0.0528. The number of nitrogens with one attached hydrogen (secondary N) is 1. The van der Waals surface area contributed by atoms with Gasteiger partial charge in [-0.05, 0) is 77.2 Å². The van der Waals surface area contributed by atoms with Gasteiger partial charge in [-0.15, -0.1) is 10.2 Å². The first-order valence-electron chi connectivity index (χ1n) is 11.1. The second kappa shape index (κ2) is 13.1. The second-order valence-electron chi connectivity index (χ2n) is 7.47. The molecule has 0 fully saturated rings. The lowest BCUT2D eigenvalue weighted by Crippen LogP contribution is -2.19. The number of ether oxygens (including phenoxy) is 3. The van der Waals surface area contributed by atoms with E-state index in [0.29, 0.717) is 45.9 Å². The molecule has 35 heavy (non-hydrogen) atoms. The SMILES string of the molecule is CCOc1cc(/C=N\NC(=O)Cc2nnc(N)s2)cc(Br)c1OCCOc1cc(C)cc(CC)c1. The number of hydrogen-bond donors (Lipinski definition) is 2. The maximum atomic E-state index is 12.0. The first-order valence-corrected chi connectivity index (χ1v) is 12.7. The summed E-state index contributed by atoms with van der Waals surface area (Å²) in [6.45, 7) is 7.26. The zero-order valence-corrected chi connectivity index (χ0v) is 22.2. The summed E-state index contributed by atoms with van der Waals surface area (Å²) in [5.74, 6) is 1.64. The van der Waals surface area contributed by atoms with E-state index < -0.39 is 0 Å². The van der Waals surface area contributed by atoms with Gasteiger partial charge in [0.05, 0.1) is 23.7 Å². The summed E-state index contributed by atoms with van der Waals surface area (Å²) >= 11 is 4.70. The van der Waals surface area contributed by atoms with E-state index in [4.69, 9.17) is 19.9 Å². The summed E-state index contributed by atoms with van der Waals surface area (Å²) in [5.41, 5.74) is 11.1. The minimum Gasteiger partial charge on any atom is -0.490 e. The Morgan fingerprint density at radius 2 is 1.94 bits per heavy atom. The normalized spacial score (nSPS) is 11.0. The van der Waals surface area contributed by atoms with Gasteiger partial charge in [0.1, 0.15) is 24.0 Å². The fraction of sp³-hybridized carbons (Fsp3) is 0.333. The average molecular weight is 562 g/mol. The Bertz CT molecular complexity index is 1180. The molecule has 3 N–H and O–H groups in total. The average Bonchev–Trinajstić information content (AvgIpc) is 3.22. The molecule has 1 amide bonds. The molecule has 0 saturated heterocycles. The number of nitrogens with two attached hydrogens (primary N) is 1. The lowest BCUT2D eigenvalue weighted by Gasteiger charge is -2.15. The Morgan fingerprint density at radius 1 is 1.14 bits per heavy atom. The molecule has 186 valence electrons. The fourth-order valence-corrected chi connectivity index (χ4v) is 4.36. The van der Waals surface area contributed by atoms with Gasteiger partial charge in [0, 0.05) is 0 Å². The number of hydrogen-bond acceptors (Lipinski definition) is 9. The predicted octanol–water partition coefficient (Wildman–Crippen LogP) is 4.30. The smallest absolute Gasteiger partial charge is 0.247 e. The lowest BCUT2D eigenvalue weighted by atomic mass is 10.1. The maximum absolute atomic E-state index is 12.0. The lowest BCUT2D eigenvalue weighted by molar-refractivity contribution is -0.120. The highest BCUT2D eigenvalue weighted by atomic mass is 79.9. The Hall–Kier alpha value is -3.18. The van der Waals surface area contributed by atoms with Crippen molar-refractivity contribution in [3.05, 3.63) is 56.5 Å². The van der Waals surface area contributed by atoms with Gasteiger partial charge in [0.15, 0.2) is 11.5 Å². The van der Waals surface area contributed by atoms with Crippen molar-refractivity contribution >= 4 is 44.5 Å². The molecule has 9 nitrogen and oxygen atoms in total. The number of amides is 1. The third-order valence-electron chi connectivity index (χ3n) is 4.65. The molecular formula is C24H28BrN5O4S. The first kappa shape index (κ1) is 26.4. The van der Waals surface area contributed by atoms with Crippen LogP contribution in [0.1, 0.15) is 35.5 Å². The highest BCUT2D eigenvalue weighted by Gasteiger charge is 2.13. The summed E-state index contributed by atoms with van der Waals surface area (Å²) in [4.78, 5) is 12.0. The fourth-order valence-electron chi connectivity index (χ4n) is 3.17. The van der Waals surface area contributed by atoms with Gasteiger partial charge in [0.25, 0.3) is 0 Å². The van der Waals surface area contributed by atoms with Gasteiger partial charge in [-0.1, -0.05) is 24.3 Å². The van der Waals surface area contributed by atoms with Crippen LogP contribution in [0.25, 0.3) is 0 Å². The molecule has 0 spiro atoms. The van der Waals surface area contributed by atoms with Gasteiger partial charge in [-0.25, -0.2) is 5.43 Å². The topological polar surface area (TPSA) is 121 Å². The molecule has 3 aromatic rings. The zero-order valence-electron chi connectivity index (χ0n) is 19.8. The van der Waals surface area contributed by atoms with Crippen molar-refractivity contribution in [2.75, 3.05) is 25.6 Å². The van der Waals surface area contributed by atoms with Crippen molar-refractivity contribution in [2.45, 2.75) is 33.6 Å². The molecule has 0 atom stereocenters. The van der Waals surface area contributed by atoms with Crippen molar-refractivity contribution < 1.29 is 19.0 Å². The Morgan fingerprint density at radius 3 is 2.66 bits per heavy atom. The van der Waals surface area contributed by atoms with Crippen LogP contribution in [0, 0.1) is 6.92 Å². The number of halogens is 1. The summed E-state index contributed by atoms with van der Waals surface area (Å²) in [5, 5.41) is 12.4. The minimum atomic E-state index is -0.318. The monoisotopic (exact) mass is 561 g/mol. The second-order valence-corrected chi connectivity index (χ2v) is 9.42. The zero-order chi connectivity index (χ0) is 25.2. The number of nitrogen functional groups attached to an aromatic ring is 1. The van der Waals surface area contributed by atoms with Crippen LogP contribution < -0.4 is 25.4 Å². The van der Waals surface area contributed by atoms with E-state index >= 15 is 0 Å². The van der Waals surface area contributed by atoms with Crippen LogP contribution in [-0.4, -0.2) is 42.1 Å². The van der Waals surface area contributed by atoms with Crippen LogP contribution >= 0.6 is 27.3 Å². The number of benzene rings is 2. The van der Waals surface area contributed by atoms with Crippen LogP contribution in [0.2, 0.25) is 0 Å². The third kappa shape index (κ3) is 8.22. The van der Waals surface area contributed by atoms with Crippen molar-refractivity contribution in [2.24, 2.45) is 5.10 Å². The summed E-state index contributed by atoms with van der Waals surface area (Å²) < 4.78 is 18.3. The molecule has 1 heterocycles. The van der Waals surface area contributed by atoms with E-state index in [1.54, 1.807) is 6.07 Å². The summed E-state index contributed by atoms with van der Waals surface area (Å²) in [6.07, 6.45) is 2.53. The molecule has 0 bridgehead atoms. The van der Waals surface area contributed by atoms with Crippen molar-refractivity contribution in [1.29, 1.82) is 0 Å². The Kier molecular flexibility index (Phi) is 9.86. The van der Waals surface area contributed by atoms with E-state index in [-0.39, 0.29) is 12.3 Å². The van der Waals surface area contributed by atoms with E-state index in [9.17, 15) is 4.79 Å². The standard InChI is InChI=1S/C24H28BrN5O4S/c1-4-16-8-15(3)9-18(10-16)33-6-7-34-23-19(25)11-17(12-20(23)32-5-2)14-27-28-21(31)13-22-29-30-24(26)35-22/h8-12,14H,4-7,13H2,1-3H3,(H2,26,30)(H,28,31)/b27-14-. The first-order chi connectivity index (χ1) is 16.9. The summed E-state index contributed by atoms with van der Waals surface area (Å²) in [7, 11) is 0. The highest BCUT2D eigenvalue weighted by Crippen LogP contribution is 2.36. The maximum Gasteiger partial charge on any atom is 0.247 e. The van der Waals surface area contributed by atoms with Gasteiger partial charge >= 0.3 is 0 Å². The number of hydrazone groups is 1. The van der Waals surface area contributed by atoms with Crippen LogP contribution in [0.4, 0.5) is 5.13 Å². The molecule has 11 heteroatoms. The number of anilines is 1. The predicted molar refractivity (Wildman–Crippen MR) is 141 cm³/mol. The third-order valence-corrected chi connectivity index (χ3v) is 5.99. The molecule has 1 aromatic heterocycles. The molecule has 2 aromatic carbocycles. The molecule has 0 aliphatic carbocycles. The van der Waals surface area contributed by atoms with E-state index in [1.165, 1.54) is 17.3 Å². The largest absolute Gasteiger partial charge is 0.490 e. The van der Waals surface area contributed by atoms with Crippen molar-refractivity contribution in [3.8, 4) is 17.2 Å². The molecule has 3 rings (SSSR count). The quantitative estimate of drug-likeness (QED) is 0.192. The molecule has 0 saturated carbocycles. The van der Waals surface area contributed by atoms with Crippen LogP contribution in [-0.2, 0) is 17.6 Å². The molecule has 0 radical (unpaired) electrons. The van der Waals surface area contributed by atoms with Crippen molar-refractivity contribution in [3.63, 3.8) is 0 Å². The number of carbonyl (C=O) groups is 1. The van der Waals surface area contributed by atoms with Gasteiger partial charge in [-0.3, -0.25) is 4.79 Å². The molecule has 0 unspecified atom stereocenters. The van der Waals surface area contributed by atoms with Crippen LogP contribution in [0.5, 0.6) is 17.2 Å². The van der Waals surface area contributed by atoms with Gasteiger partial charge < -0.3 is 19.9 Å². The van der Waals surface area contributed by atoms with Crippen LogP contribution in [0.3, 0.4) is 0 Å². The summed E-state index contributed by atoms with van der Waals surface area (Å²) in [6, 6.07) is 9.83. The molecule has 0 aliphatic heterocycles. The van der Waals surface area contributed by atoms with Crippen LogP contribution in [0.15, 0.2) is 39.9 Å². The number of aromatic nitrogens is 2. The van der Waals surface area contributed by atoms with Crippen molar-refractivity contribution in [1.82, 2.24) is 15.6 Å².